The summed E-state index contributed by atoms with van der Waals surface area (Å²) in [7, 11) is 0. The molecule has 4 rings (SSSR count). The average molecular weight is 511 g/mol. The molecule has 1 saturated heterocycles. The first-order valence-corrected chi connectivity index (χ1v) is 12.1. The van der Waals surface area contributed by atoms with Crippen LogP contribution in [0.1, 0.15) is 30.8 Å². The number of nitrogens with one attached hydrogen (secondary N) is 1. The van der Waals surface area contributed by atoms with Crippen LogP contribution in [0.15, 0.2) is 59.0 Å². The Morgan fingerprint density at radius 2 is 1.83 bits per heavy atom. The van der Waals surface area contributed by atoms with Crippen LogP contribution >= 0.6 is 11.6 Å². The van der Waals surface area contributed by atoms with E-state index >= 15 is 0 Å². The quantitative estimate of drug-likeness (QED) is 0.334. The highest BCUT2D eigenvalue weighted by Crippen LogP contribution is 2.31. The number of non-ortho nitro benzene ring substituents is 1. The average Bonchev–Trinajstić information content (AvgIpc) is 3.35. The zero-order valence-electron chi connectivity index (χ0n) is 20.1. The van der Waals surface area contributed by atoms with E-state index in [9.17, 15) is 19.7 Å². The Bertz CT molecular complexity index is 1280. The van der Waals surface area contributed by atoms with Crippen LogP contribution in [-0.2, 0) is 4.79 Å². The number of anilines is 2. The number of piperazine rings is 1. The lowest BCUT2D eigenvalue weighted by Crippen LogP contribution is -2.49. The van der Waals surface area contributed by atoms with Crippen LogP contribution in [0.4, 0.5) is 17.1 Å². The van der Waals surface area contributed by atoms with Crippen molar-refractivity contribution in [3.8, 4) is 11.3 Å². The second-order valence-corrected chi connectivity index (χ2v) is 9.46. The molecule has 0 aliphatic carbocycles. The van der Waals surface area contributed by atoms with Gasteiger partial charge in [0, 0.05) is 56.0 Å². The van der Waals surface area contributed by atoms with Gasteiger partial charge in [-0.15, -0.1) is 0 Å². The molecule has 10 heteroatoms. The predicted octanol–water partition coefficient (Wildman–Crippen LogP) is 5.46. The van der Waals surface area contributed by atoms with Gasteiger partial charge in [-0.3, -0.25) is 19.7 Å². The lowest BCUT2D eigenvalue weighted by molar-refractivity contribution is -0.384. The largest absolute Gasteiger partial charge is 0.451 e. The standard InChI is InChI=1S/C26H27ClN4O5/c1-17(2)14-25(32)30-12-10-29(11-13-30)22-7-6-19(16-21(22)27)28-26(33)24-9-8-23(36-24)18-4-3-5-20(15-18)31(34)35/h3-9,15-17H,10-14H2,1-2H3,(H,28,33). The number of furan rings is 1. The van der Waals surface area contributed by atoms with Gasteiger partial charge in [-0.1, -0.05) is 37.6 Å². The third-order valence-corrected chi connectivity index (χ3v) is 6.24. The number of benzene rings is 2. The lowest BCUT2D eigenvalue weighted by Gasteiger charge is -2.36. The first-order valence-electron chi connectivity index (χ1n) is 11.7. The Morgan fingerprint density at radius 3 is 2.50 bits per heavy atom. The topological polar surface area (TPSA) is 109 Å². The van der Waals surface area contributed by atoms with Gasteiger partial charge in [-0.05, 0) is 36.2 Å². The molecule has 1 aliphatic heterocycles. The minimum absolute atomic E-state index is 0.0618. The second kappa shape index (κ2) is 10.8. The number of amides is 2. The van der Waals surface area contributed by atoms with E-state index in [0.29, 0.717) is 60.6 Å². The van der Waals surface area contributed by atoms with E-state index in [1.165, 1.54) is 18.2 Å². The predicted molar refractivity (Wildman–Crippen MR) is 138 cm³/mol. The number of nitro groups is 1. The maximum absolute atomic E-state index is 12.7. The van der Waals surface area contributed by atoms with Crippen molar-refractivity contribution in [2.24, 2.45) is 5.92 Å². The summed E-state index contributed by atoms with van der Waals surface area (Å²) in [5.41, 5.74) is 1.79. The molecule has 0 bridgehead atoms. The van der Waals surface area contributed by atoms with E-state index in [1.54, 1.807) is 30.3 Å². The van der Waals surface area contributed by atoms with E-state index < -0.39 is 10.8 Å². The maximum Gasteiger partial charge on any atom is 0.291 e. The molecule has 1 aromatic heterocycles. The monoisotopic (exact) mass is 510 g/mol. The van der Waals surface area contributed by atoms with Crippen LogP contribution in [0.5, 0.6) is 0 Å². The van der Waals surface area contributed by atoms with Crippen molar-refractivity contribution in [1.29, 1.82) is 0 Å². The number of rotatable bonds is 7. The third kappa shape index (κ3) is 5.85. The zero-order chi connectivity index (χ0) is 25.8. The first kappa shape index (κ1) is 25.2. The molecule has 188 valence electrons. The van der Waals surface area contributed by atoms with Crippen LogP contribution in [-0.4, -0.2) is 47.8 Å². The normalized spacial score (nSPS) is 13.7. The van der Waals surface area contributed by atoms with Gasteiger partial charge in [0.05, 0.1) is 15.6 Å². The Morgan fingerprint density at radius 1 is 1.08 bits per heavy atom. The molecular weight excluding hydrogens is 484 g/mol. The van der Waals surface area contributed by atoms with Gasteiger partial charge in [0.15, 0.2) is 5.76 Å². The summed E-state index contributed by atoms with van der Waals surface area (Å²) in [6.45, 7) is 6.73. The molecule has 0 saturated carbocycles. The van der Waals surface area contributed by atoms with Crippen molar-refractivity contribution in [2.75, 3.05) is 36.4 Å². The minimum atomic E-state index is -0.486. The van der Waals surface area contributed by atoms with Crippen LogP contribution in [0, 0.1) is 16.0 Å². The van der Waals surface area contributed by atoms with Crippen LogP contribution in [0.25, 0.3) is 11.3 Å². The zero-order valence-corrected chi connectivity index (χ0v) is 20.8. The van der Waals surface area contributed by atoms with Crippen LogP contribution < -0.4 is 10.2 Å². The number of carbonyl (C=O) groups excluding carboxylic acids is 2. The highest BCUT2D eigenvalue weighted by molar-refractivity contribution is 6.33. The van der Waals surface area contributed by atoms with Crippen LogP contribution in [0.2, 0.25) is 5.02 Å². The van der Waals surface area contributed by atoms with Gasteiger partial charge in [0.25, 0.3) is 11.6 Å². The maximum atomic E-state index is 12.7. The van der Waals surface area contributed by atoms with E-state index in [-0.39, 0.29) is 17.4 Å². The van der Waals surface area contributed by atoms with Gasteiger partial charge in [-0.25, -0.2) is 0 Å². The summed E-state index contributed by atoms with van der Waals surface area (Å²) in [4.78, 5) is 39.6. The summed E-state index contributed by atoms with van der Waals surface area (Å²) >= 11 is 6.53. The van der Waals surface area contributed by atoms with Crippen molar-refractivity contribution >= 4 is 40.5 Å². The Balaban J connectivity index is 1.38. The first-order chi connectivity index (χ1) is 17.2. The van der Waals surface area contributed by atoms with Crippen molar-refractivity contribution in [3.05, 3.63) is 75.5 Å². The third-order valence-electron chi connectivity index (χ3n) is 5.93. The van der Waals surface area contributed by atoms with E-state index in [0.717, 1.165) is 5.69 Å². The molecule has 36 heavy (non-hydrogen) atoms. The molecule has 0 spiro atoms. The fraction of sp³-hybridized carbons (Fsp3) is 0.308. The fourth-order valence-corrected chi connectivity index (χ4v) is 4.40. The van der Waals surface area contributed by atoms with Crippen LogP contribution in [0.3, 0.4) is 0 Å². The molecule has 0 atom stereocenters. The Hall–Kier alpha value is -3.85. The molecule has 2 amide bonds. The fourth-order valence-electron chi connectivity index (χ4n) is 4.10. The smallest absolute Gasteiger partial charge is 0.291 e. The van der Waals surface area contributed by atoms with Gasteiger partial charge >= 0.3 is 0 Å². The Labute approximate surface area is 213 Å². The summed E-state index contributed by atoms with van der Waals surface area (Å²) in [5.74, 6) is 0.468. The molecule has 1 N–H and O–H groups in total. The molecule has 3 aromatic rings. The molecular formula is C26H27ClN4O5. The molecule has 1 aliphatic rings. The minimum Gasteiger partial charge on any atom is -0.451 e. The van der Waals surface area contributed by atoms with Crippen molar-refractivity contribution < 1.29 is 18.9 Å². The SMILES string of the molecule is CC(C)CC(=O)N1CCN(c2ccc(NC(=O)c3ccc(-c4cccc([N+](=O)[O-])c4)o3)cc2Cl)CC1. The Kier molecular flexibility index (Phi) is 7.59. The van der Waals surface area contributed by atoms with E-state index in [2.05, 4.69) is 10.2 Å². The van der Waals surface area contributed by atoms with E-state index in [1.807, 2.05) is 24.8 Å². The molecule has 2 aromatic carbocycles. The highest BCUT2D eigenvalue weighted by atomic mass is 35.5. The lowest BCUT2D eigenvalue weighted by atomic mass is 10.1. The summed E-state index contributed by atoms with van der Waals surface area (Å²) in [6, 6.07) is 14.4. The molecule has 0 unspecified atom stereocenters. The molecule has 0 radical (unpaired) electrons. The number of nitro benzene ring substituents is 1. The highest BCUT2D eigenvalue weighted by Gasteiger charge is 2.23. The molecule has 1 fully saturated rings. The number of halogens is 1. The van der Waals surface area contributed by atoms with Gasteiger partial charge in [-0.2, -0.15) is 0 Å². The second-order valence-electron chi connectivity index (χ2n) is 9.06. The van der Waals surface area contributed by atoms with Crippen molar-refractivity contribution in [2.45, 2.75) is 20.3 Å². The number of carbonyl (C=O) groups is 2. The number of hydrogen-bond acceptors (Lipinski definition) is 6. The molecule has 2 heterocycles. The van der Waals surface area contributed by atoms with Gasteiger partial charge in [0.1, 0.15) is 5.76 Å². The summed E-state index contributed by atoms with van der Waals surface area (Å²) < 4.78 is 5.63. The van der Waals surface area contributed by atoms with Crippen molar-refractivity contribution in [1.82, 2.24) is 4.90 Å². The summed E-state index contributed by atoms with van der Waals surface area (Å²) in [5, 5.41) is 14.3. The van der Waals surface area contributed by atoms with Crippen molar-refractivity contribution in [3.63, 3.8) is 0 Å². The summed E-state index contributed by atoms with van der Waals surface area (Å²) in [6.07, 6.45) is 0.553. The van der Waals surface area contributed by atoms with Gasteiger partial charge in [0.2, 0.25) is 5.91 Å². The van der Waals surface area contributed by atoms with E-state index in [4.69, 9.17) is 16.0 Å². The van der Waals surface area contributed by atoms with Gasteiger partial charge < -0.3 is 19.5 Å². The molecule has 9 nitrogen and oxygen atoms in total. The number of hydrogen-bond donors (Lipinski definition) is 1. The number of nitrogens with zero attached hydrogens (tertiary/aromatic N) is 3.